The van der Waals surface area contributed by atoms with Crippen LogP contribution >= 0.6 is 23.1 Å². The maximum atomic E-state index is 13.5. The van der Waals surface area contributed by atoms with E-state index in [1.807, 2.05) is 11.0 Å². The molecular weight excluding hydrogens is 425 g/mol. The van der Waals surface area contributed by atoms with Crippen LogP contribution in [-0.2, 0) is 11.2 Å². The second-order valence-corrected chi connectivity index (χ2v) is 9.89. The van der Waals surface area contributed by atoms with Crippen LogP contribution in [0.3, 0.4) is 0 Å². The van der Waals surface area contributed by atoms with Crippen LogP contribution in [0.4, 0.5) is 14.3 Å². The fraction of sp³-hybridized carbons (Fsp3) is 0.476. The van der Waals surface area contributed by atoms with Crippen LogP contribution in [0.5, 0.6) is 0 Å². The van der Waals surface area contributed by atoms with Gasteiger partial charge in [0.05, 0.1) is 16.2 Å². The molecule has 0 aliphatic heterocycles. The lowest BCUT2D eigenvalue weighted by atomic mass is 9.86. The van der Waals surface area contributed by atoms with Gasteiger partial charge >= 0.3 is 12.0 Å². The van der Waals surface area contributed by atoms with Crippen molar-refractivity contribution in [1.29, 1.82) is 0 Å². The number of urea groups is 1. The number of thioether (sulfide) groups is 1. The highest BCUT2D eigenvalue weighted by molar-refractivity contribution is 8.01. The van der Waals surface area contributed by atoms with Crippen LogP contribution in [0.15, 0.2) is 34.7 Å². The smallest absolute Gasteiger partial charge is 0.323 e. The predicted molar refractivity (Wildman–Crippen MR) is 118 cm³/mol. The van der Waals surface area contributed by atoms with Crippen molar-refractivity contribution in [3.05, 3.63) is 41.8 Å². The van der Waals surface area contributed by atoms with Gasteiger partial charge in [-0.25, -0.2) is 14.2 Å². The Bertz CT molecular complexity index is 869. The van der Waals surface area contributed by atoms with Crippen molar-refractivity contribution in [2.24, 2.45) is 5.92 Å². The molecule has 0 spiro atoms. The Morgan fingerprint density at radius 1 is 1.33 bits per heavy atom. The second kappa shape index (κ2) is 10.8. The van der Waals surface area contributed by atoms with Gasteiger partial charge in [0.15, 0.2) is 5.13 Å². The number of aliphatic carboxylic acids is 1. The molecule has 1 heterocycles. The van der Waals surface area contributed by atoms with Gasteiger partial charge in [-0.1, -0.05) is 30.4 Å². The minimum atomic E-state index is -0.894. The van der Waals surface area contributed by atoms with Crippen molar-refractivity contribution in [2.75, 3.05) is 17.6 Å². The average molecular weight is 452 g/mol. The molecule has 1 aliphatic carbocycles. The van der Waals surface area contributed by atoms with E-state index in [1.165, 1.54) is 35.2 Å². The molecule has 6 nitrogen and oxygen atoms in total. The van der Waals surface area contributed by atoms with E-state index in [2.05, 4.69) is 17.2 Å². The highest BCUT2D eigenvalue weighted by Gasteiger charge is 2.28. The highest BCUT2D eigenvalue weighted by atomic mass is 32.2. The van der Waals surface area contributed by atoms with Gasteiger partial charge < -0.3 is 10.0 Å². The maximum Gasteiger partial charge on any atom is 0.323 e. The van der Waals surface area contributed by atoms with Crippen molar-refractivity contribution in [1.82, 2.24) is 9.88 Å². The summed E-state index contributed by atoms with van der Waals surface area (Å²) in [4.78, 5) is 29.8. The highest BCUT2D eigenvalue weighted by Crippen LogP contribution is 2.30. The first-order valence-electron chi connectivity index (χ1n) is 10.0. The zero-order valence-electron chi connectivity index (χ0n) is 16.8. The molecule has 1 aromatic carbocycles. The zero-order chi connectivity index (χ0) is 21.5. The SMILES string of the molecule is C[C@H]1CC[C@H](N(CCc2cccc(F)c2)C(=O)Nc2ncc(SCC(=O)O)s2)CC1. The molecule has 1 aliphatic rings. The van der Waals surface area contributed by atoms with Gasteiger partial charge in [0.2, 0.25) is 0 Å². The summed E-state index contributed by atoms with van der Waals surface area (Å²) in [7, 11) is 0. The van der Waals surface area contributed by atoms with Gasteiger partial charge in [0.1, 0.15) is 5.82 Å². The maximum absolute atomic E-state index is 13.5. The molecule has 2 N–H and O–H groups in total. The molecule has 0 saturated heterocycles. The van der Waals surface area contributed by atoms with E-state index < -0.39 is 5.97 Å². The van der Waals surface area contributed by atoms with E-state index in [-0.39, 0.29) is 23.6 Å². The van der Waals surface area contributed by atoms with Crippen LogP contribution in [-0.4, -0.2) is 45.3 Å². The number of thiazole rings is 1. The summed E-state index contributed by atoms with van der Waals surface area (Å²) in [6.45, 7) is 2.74. The topological polar surface area (TPSA) is 82.5 Å². The Morgan fingerprint density at radius 2 is 2.10 bits per heavy atom. The van der Waals surface area contributed by atoms with E-state index in [0.29, 0.717) is 24.0 Å². The number of hydrogen-bond acceptors (Lipinski definition) is 5. The summed E-state index contributed by atoms with van der Waals surface area (Å²) >= 11 is 2.44. The average Bonchev–Trinajstić information content (AvgIpc) is 3.15. The number of carboxylic acids is 1. The standard InChI is InChI=1S/C21H26FN3O3S2/c1-14-5-7-17(8-6-14)25(10-9-15-3-2-4-16(22)11-15)21(28)24-20-23-12-19(30-20)29-13-18(26)27/h2-4,11-12,14,17H,5-10,13H2,1H3,(H,26,27)(H,23,24,28)/t14-,17-. The van der Waals surface area contributed by atoms with E-state index in [0.717, 1.165) is 35.5 Å². The number of halogens is 1. The fourth-order valence-corrected chi connectivity index (χ4v) is 5.21. The van der Waals surface area contributed by atoms with E-state index in [9.17, 15) is 14.0 Å². The quantitative estimate of drug-likeness (QED) is 0.545. The number of hydrogen-bond donors (Lipinski definition) is 2. The predicted octanol–water partition coefficient (Wildman–Crippen LogP) is 5.11. The van der Waals surface area contributed by atoms with Gasteiger partial charge in [-0.15, -0.1) is 11.8 Å². The first kappa shape index (κ1) is 22.6. The van der Waals surface area contributed by atoms with Gasteiger partial charge in [0, 0.05) is 12.6 Å². The summed E-state index contributed by atoms with van der Waals surface area (Å²) in [6, 6.07) is 6.41. The van der Waals surface area contributed by atoms with Crippen LogP contribution in [0, 0.1) is 11.7 Å². The summed E-state index contributed by atoms with van der Waals surface area (Å²) in [6.07, 6.45) is 6.23. The van der Waals surface area contributed by atoms with Gasteiger partial charge in [-0.3, -0.25) is 10.1 Å². The van der Waals surface area contributed by atoms with Crippen molar-refractivity contribution < 1.29 is 19.1 Å². The third kappa shape index (κ3) is 6.70. The molecule has 1 saturated carbocycles. The fourth-order valence-electron chi connectivity index (χ4n) is 3.63. The monoisotopic (exact) mass is 451 g/mol. The van der Waals surface area contributed by atoms with Crippen molar-refractivity contribution >= 4 is 40.2 Å². The largest absolute Gasteiger partial charge is 0.481 e. The first-order valence-corrected chi connectivity index (χ1v) is 11.8. The van der Waals surface area contributed by atoms with E-state index >= 15 is 0 Å². The molecule has 30 heavy (non-hydrogen) atoms. The molecule has 1 aromatic heterocycles. The number of carboxylic acid groups (broad SMARTS) is 1. The molecule has 0 radical (unpaired) electrons. The Balaban J connectivity index is 1.65. The molecular formula is C21H26FN3O3S2. The summed E-state index contributed by atoms with van der Waals surface area (Å²) < 4.78 is 14.3. The Kier molecular flexibility index (Phi) is 8.09. The molecule has 2 aromatic rings. The van der Waals surface area contributed by atoms with Crippen LogP contribution in [0.25, 0.3) is 0 Å². The lowest BCUT2D eigenvalue weighted by Crippen LogP contribution is -2.45. The van der Waals surface area contributed by atoms with E-state index in [1.54, 1.807) is 12.3 Å². The lowest BCUT2D eigenvalue weighted by Gasteiger charge is -2.36. The van der Waals surface area contributed by atoms with Gasteiger partial charge in [-0.2, -0.15) is 0 Å². The number of anilines is 1. The molecule has 0 bridgehead atoms. The van der Waals surface area contributed by atoms with Crippen molar-refractivity contribution in [3.63, 3.8) is 0 Å². The first-order chi connectivity index (χ1) is 14.4. The summed E-state index contributed by atoms with van der Waals surface area (Å²) in [5, 5.41) is 12.1. The second-order valence-electron chi connectivity index (χ2n) is 7.58. The molecule has 9 heteroatoms. The molecule has 0 atom stereocenters. The normalized spacial score (nSPS) is 18.7. The number of nitrogens with one attached hydrogen (secondary N) is 1. The van der Waals surface area contributed by atoms with Gasteiger partial charge in [-0.05, 0) is 55.7 Å². The number of benzene rings is 1. The van der Waals surface area contributed by atoms with Crippen LogP contribution < -0.4 is 5.32 Å². The van der Waals surface area contributed by atoms with Gasteiger partial charge in [0.25, 0.3) is 0 Å². The molecule has 162 valence electrons. The number of rotatable bonds is 8. The summed E-state index contributed by atoms with van der Waals surface area (Å²) in [5.41, 5.74) is 0.860. The number of amides is 2. The van der Waals surface area contributed by atoms with Crippen LogP contribution in [0.2, 0.25) is 0 Å². The number of nitrogens with zero attached hydrogens (tertiary/aromatic N) is 2. The third-order valence-corrected chi connectivity index (χ3v) is 7.35. The minimum Gasteiger partial charge on any atom is -0.481 e. The van der Waals surface area contributed by atoms with Crippen molar-refractivity contribution in [2.45, 2.75) is 49.3 Å². The molecule has 0 unspecified atom stereocenters. The number of carbonyl (C=O) groups excluding carboxylic acids is 1. The van der Waals surface area contributed by atoms with Crippen molar-refractivity contribution in [3.8, 4) is 0 Å². The Hall–Kier alpha value is -2.13. The number of carbonyl (C=O) groups is 2. The zero-order valence-corrected chi connectivity index (χ0v) is 18.5. The minimum absolute atomic E-state index is 0.0460. The Morgan fingerprint density at radius 3 is 2.80 bits per heavy atom. The summed E-state index contributed by atoms with van der Waals surface area (Å²) in [5.74, 6) is -0.546. The number of aromatic nitrogens is 1. The molecule has 3 rings (SSSR count). The lowest BCUT2D eigenvalue weighted by molar-refractivity contribution is -0.133. The third-order valence-electron chi connectivity index (χ3n) is 5.25. The van der Waals surface area contributed by atoms with E-state index in [4.69, 9.17) is 5.11 Å². The molecule has 2 amide bonds. The Labute approximate surface area is 183 Å². The molecule has 1 fully saturated rings. The van der Waals surface area contributed by atoms with Crippen LogP contribution in [0.1, 0.15) is 38.2 Å².